The molecule has 126 valence electrons. The van der Waals surface area contributed by atoms with Crippen LogP contribution in [0.2, 0.25) is 0 Å². The minimum atomic E-state index is -0.408. The van der Waals surface area contributed by atoms with E-state index in [1.54, 1.807) is 0 Å². The summed E-state index contributed by atoms with van der Waals surface area (Å²) in [5.41, 5.74) is 0.925. The Kier molecular flexibility index (Phi) is 4.62. The average molecular weight is 316 g/mol. The molecule has 1 heterocycles. The Balaban J connectivity index is 1.45. The lowest BCUT2D eigenvalue weighted by molar-refractivity contribution is 0.0279. The number of carbonyl (C=O) groups is 1. The molecule has 2 aliphatic rings. The van der Waals surface area contributed by atoms with Crippen molar-refractivity contribution in [2.45, 2.75) is 51.8 Å². The fourth-order valence-electron chi connectivity index (χ4n) is 3.80. The van der Waals surface area contributed by atoms with Gasteiger partial charge in [-0.3, -0.25) is 0 Å². The molecule has 1 aromatic rings. The molecular formula is C19H28N2O2. The van der Waals surface area contributed by atoms with E-state index in [2.05, 4.69) is 35.6 Å². The van der Waals surface area contributed by atoms with E-state index in [0.29, 0.717) is 17.9 Å². The molecule has 1 aliphatic carbocycles. The maximum absolute atomic E-state index is 12.2. The van der Waals surface area contributed by atoms with E-state index in [4.69, 9.17) is 4.74 Å². The number of nitrogens with zero attached hydrogens (tertiary/aromatic N) is 1. The van der Waals surface area contributed by atoms with Crippen LogP contribution in [0.4, 0.5) is 4.79 Å². The molecule has 1 aromatic carbocycles. The topological polar surface area (TPSA) is 41.6 Å². The highest BCUT2D eigenvalue weighted by Gasteiger charge is 2.43. The van der Waals surface area contributed by atoms with Crippen LogP contribution in [0, 0.1) is 11.8 Å². The number of carbonyl (C=O) groups excluding carboxylic acids is 1. The lowest BCUT2D eigenvalue weighted by Crippen LogP contribution is -2.37. The number of benzene rings is 1. The summed E-state index contributed by atoms with van der Waals surface area (Å²) in [5.74, 6) is 1.24. The van der Waals surface area contributed by atoms with Gasteiger partial charge < -0.3 is 15.0 Å². The Hall–Kier alpha value is -1.55. The maximum Gasteiger partial charge on any atom is 0.410 e. The SMILES string of the molecule is CC(C)(C)OC(=O)N1CC2CC(NCc3ccccc3)CC2C1. The van der Waals surface area contributed by atoms with Crippen molar-refractivity contribution in [1.82, 2.24) is 10.2 Å². The number of ether oxygens (including phenoxy) is 1. The normalized spacial score (nSPS) is 27.1. The van der Waals surface area contributed by atoms with Crippen LogP contribution in [0.25, 0.3) is 0 Å². The molecule has 1 saturated carbocycles. The minimum Gasteiger partial charge on any atom is -0.444 e. The highest BCUT2D eigenvalue weighted by Crippen LogP contribution is 2.38. The van der Waals surface area contributed by atoms with Crippen LogP contribution >= 0.6 is 0 Å². The number of hydrogen-bond donors (Lipinski definition) is 1. The third-order valence-electron chi connectivity index (χ3n) is 4.84. The monoisotopic (exact) mass is 316 g/mol. The summed E-state index contributed by atoms with van der Waals surface area (Å²) < 4.78 is 5.49. The fraction of sp³-hybridized carbons (Fsp3) is 0.632. The summed E-state index contributed by atoms with van der Waals surface area (Å²) >= 11 is 0. The second-order valence-corrected chi connectivity index (χ2v) is 7.94. The first-order chi connectivity index (χ1) is 10.9. The van der Waals surface area contributed by atoms with Crippen molar-refractivity contribution in [3.8, 4) is 0 Å². The number of amides is 1. The van der Waals surface area contributed by atoms with Crippen molar-refractivity contribution in [1.29, 1.82) is 0 Å². The molecule has 0 spiro atoms. The van der Waals surface area contributed by atoms with Gasteiger partial charge in [0.1, 0.15) is 5.60 Å². The van der Waals surface area contributed by atoms with Crippen molar-refractivity contribution in [3.05, 3.63) is 35.9 Å². The molecule has 0 radical (unpaired) electrons. The summed E-state index contributed by atoms with van der Waals surface area (Å²) in [6.45, 7) is 8.40. The van der Waals surface area contributed by atoms with Gasteiger partial charge in [-0.15, -0.1) is 0 Å². The van der Waals surface area contributed by atoms with Crippen LogP contribution < -0.4 is 5.32 Å². The summed E-state index contributed by atoms with van der Waals surface area (Å²) in [6, 6.07) is 11.1. The van der Waals surface area contributed by atoms with Crippen molar-refractivity contribution in [3.63, 3.8) is 0 Å². The molecule has 2 atom stereocenters. The Bertz CT molecular complexity index is 524. The van der Waals surface area contributed by atoms with Gasteiger partial charge in [-0.25, -0.2) is 4.79 Å². The summed E-state index contributed by atoms with van der Waals surface area (Å²) in [7, 11) is 0. The average Bonchev–Trinajstić information content (AvgIpc) is 3.02. The quantitative estimate of drug-likeness (QED) is 0.929. The summed E-state index contributed by atoms with van der Waals surface area (Å²) in [4.78, 5) is 14.1. The highest BCUT2D eigenvalue weighted by molar-refractivity contribution is 5.68. The predicted molar refractivity (Wildman–Crippen MR) is 91.1 cm³/mol. The van der Waals surface area contributed by atoms with E-state index in [1.165, 1.54) is 5.56 Å². The number of likely N-dealkylation sites (tertiary alicyclic amines) is 1. The lowest BCUT2D eigenvalue weighted by Gasteiger charge is -2.25. The van der Waals surface area contributed by atoms with Crippen molar-refractivity contribution in [2.75, 3.05) is 13.1 Å². The minimum absolute atomic E-state index is 0.152. The van der Waals surface area contributed by atoms with Crippen LogP contribution in [0.5, 0.6) is 0 Å². The molecule has 4 nitrogen and oxygen atoms in total. The van der Waals surface area contributed by atoms with Gasteiger partial charge in [-0.1, -0.05) is 30.3 Å². The van der Waals surface area contributed by atoms with E-state index in [9.17, 15) is 4.79 Å². The number of rotatable bonds is 3. The van der Waals surface area contributed by atoms with E-state index in [0.717, 1.165) is 32.5 Å². The third-order valence-corrected chi connectivity index (χ3v) is 4.84. The Labute approximate surface area is 139 Å². The molecular weight excluding hydrogens is 288 g/mol. The van der Waals surface area contributed by atoms with E-state index in [-0.39, 0.29) is 6.09 Å². The molecule has 1 aliphatic heterocycles. The van der Waals surface area contributed by atoms with Crippen molar-refractivity contribution in [2.24, 2.45) is 11.8 Å². The Morgan fingerprint density at radius 3 is 2.35 bits per heavy atom. The largest absolute Gasteiger partial charge is 0.444 e. The van der Waals surface area contributed by atoms with Gasteiger partial charge in [0.05, 0.1) is 0 Å². The van der Waals surface area contributed by atoms with E-state index < -0.39 is 5.60 Å². The highest BCUT2D eigenvalue weighted by atomic mass is 16.6. The zero-order valence-corrected chi connectivity index (χ0v) is 14.4. The molecule has 1 N–H and O–H groups in total. The molecule has 23 heavy (non-hydrogen) atoms. The lowest BCUT2D eigenvalue weighted by atomic mass is 10.0. The molecule has 0 aromatic heterocycles. The molecule has 1 saturated heterocycles. The van der Waals surface area contributed by atoms with Crippen molar-refractivity contribution >= 4 is 6.09 Å². The first-order valence-electron chi connectivity index (χ1n) is 8.66. The zero-order valence-electron chi connectivity index (χ0n) is 14.4. The maximum atomic E-state index is 12.2. The standard InChI is InChI=1S/C19H28N2O2/c1-19(2,3)23-18(22)21-12-15-9-17(10-16(15)13-21)20-11-14-7-5-4-6-8-14/h4-8,15-17,20H,9-13H2,1-3H3. The first kappa shape index (κ1) is 16.3. The molecule has 4 heteroatoms. The molecule has 0 bridgehead atoms. The Morgan fingerprint density at radius 1 is 1.17 bits per heavy atom. The predicted octanol–water partition coefficient (Wildman–Crippen LogP) is 3.42. The number of nitrogens with one attached hydrogen (secondary N) is 1. The van der Waals surface area contributed by atoms with Gasteiger partial charge in [0.2, 0.25) is 0 Å². The van der Waals surface area contributed by atoms with Gasteiger partial charge >= 0.3 is 6.09 Å². The molecule has 2 fully saturated rings. The van der Waals surface area contributed by atoms with Crippen LogP contribution in [-0.2, 0) is 11.3 Å². The second-order valence-electron chi connectivity index (χ2n) is 7.94. The number of hydrogen-bond acceptors (Lipinski definition) is 3. The van der Waals surface area contributed by atoms with Gasteiger partial charge in [0.15, 0.2) is 0 Å². The van der Waals surface area contributed by atoms with Crippen LogP contribution in [0.15, 0.2) is 30.3 Å². The van der Waals surface area contributed by atoms with Gasteiger partial charge in [-0.05, 0) is 51.0 Å². The van der Waals surface area contributed by atoms with Gasteiger partial charge in [0.25, 0.3) is 0 Å². The third kappa shape index (κ3) is 4.25. The zero-order chi connectivity index (χ0) is 16.4. The van der Waals surface area contributed by atoms with Crippen molar-refractivity contribution < 1.29 is 9.53 Å². The van der Waals surface area contributed by atoms with Crippen LogP contribution in [-0.4, -0.2) is 35.7 Å². The van der Waals surface area contributed by atoms with Gasteiger partial charge in [-0.2, -0.15) is 0 Å². The van der Waals surface area contributed by atoms with Gasteiger partial charge in [0, 0.05) is 25.7 Å². The molecule has 3 rings (SSSR count). The van der Waals surface area contributed by atoms with Crippen LogP contribution in [0.3, 0.4) is 0 Å². The number of fused-ring (bicyclic) bond motifs is 1. The molecule has 2 unspecified atom stereocenters. The summed E-state index contributed by atoms with van der Waals surface area (Å²) in [6.07, 6.45) is 2.17. The second kappa shape index (κ2) is 6.52. The Morgan fingerprint density at radius 2 is 1.78 bits per heavy atom. The fourth-order valence-corrected chi connectivity index (χ4v) is 3.80. The van der Waals surface area contributed by atoms with E-state index >= 15 is 0 Å². The smallest absolute Gasteiger partial charge is 0.410 e. The van der Waals surface area contributed by atoms with E-state index in [1.807, 2.05) is 25.7 Å². The molecule has 1 amide bonds. The van der Waals surface area contributed by atoms with Crippen LogP contribution in [0.1, 0.15) is 39.2 Å². The first-order valence-corrected chi connectivity index (χ1v) is 8.66. The summed E-state index contributed by atoms with van der Waals surface area (Å²) in [5, 5.41) is 3.67.